The van der Waals surface area contributed by atoms with Gasteiger partial charge in [-0.1, -0.05) is 30.3 Å². The summed E-state index contributed by atoms with van der Waals surface area (Å²) < 4.78 is 0. The van der Waals surface area contributed by atoms with Gasteiger partial charge in [-0.05, 0) is 12.0 Å². The van der Waals surface area contributed by atoms with Crippen LogP contribution < -0.4 is 21.5 Å². The molecule has 6 heteroatoms. The van der Waals surface area contributed by atoms with Crippen LogP contribution in [-0.2, 0) is 9.59 Å². The van der Waals surface area contributed by atoms with Gasteiger partial charge in [-0.25, -0.2) is 10.9 Å². The standard InChI is InChI=1S/C14H20N4O2/c1-10(19)15-7-8-16-14(20)13-9-12(17-18-13)11-5-3-2-4-6-11/h2-6,12-13,17-18H,7-9H2,1H3,(H,15,19)(H,16,20). The lowest BCUT2D eigenvalue weighted by Crippen LogP contribution is -2.45. The largest absolute Gasteiger partial charge is 0.355 e. The molecule has 1 saturated heterocycles. The Kier molecular flexibility index (Phi) is 5.09. The predicted molar refractivity (Wildman–Crippen MR) is 75.6 cm³/mol. The monoisotopic (exact) mass is 276 g/mol. The molecular weight excluding hydrogens is 256 g/mol. The van der Waals surface area contributed by atoms with Crippen molar-refractivity contribution in [2.24, 2.45) is 0 Å². The first kappa shape index (κ1) is 14.5. The number of hydrogen-bond donors (Lipinski definition) is 4. The van der Waals surface area contributed by atoms with Crippen LogP contribution in [0.3, 0.4) is 0 Å². The van der Waals surface area contributed by atoms with Crippen molar-refractivity contribution < 1.29 is 9.59 Å². The van der Waals surface area contributed by atoms with Gasteiger partial charge in [0.25, 0.3) is 0 Å². The summed E-state index contributed by atoms with van der Waals surface area (Å²) in [5, 5.41) is 5.43. The van der Waals surface area contributed by atoms with Gasteiger partial charge in [0.05, 0.1) is 0 Å². The van der Waals surface area contributed by atoms with E-state index in [4.69, 9.17) is 0 Å². The number of carbonyl (C=O) groups is 2. The molecule has 1 fully saturated rings. The quantitative estimate of drug-likeness (QED) is 0.564. The molecule has 0 saturated carbocycles. The van der Waals surface area contributed by atoms with Crippen LogP contribution in [0.2, 0.25) is 0 Å². The highest BCUT2D eigenvalue weighted by molar-refractivity contribution is 5.82. The molecular formula is C14H20N4O2. The van der Waals surface area contributed by atoms with E-state index in [0.717, 1.165) is 5.56 Å². The third-order valence-electron chi connectivity index (χ3n) is 3.22. The second-order valence-corrected chi connectivity index (χ2v) is 4.81. The fraction of sp³-hybridized carbons (Fsp3) is 0.429. The Bertz CT molecular complexity index is 464. The van der Waals surface area contributed by atoms with Crippen LogP contribution in [0.4, 0.5) is 0 Å². The third kappa shape index (κ3) is 4.04. The molecule has 0 radical (unpaired) electrons. The van der Waals surface area contributed by atoms with Crippen molar-refractivity contribution >= 4 is 11.8 Å². The highest BCUT2D eigenvalue weighted by atomic mass is 16.2. The summed E-state index contributed by atoms with van der Waals surface area (Å²) in [4.78, 5) is 22.6. The summed E-state index contributed by atoms with van der Waals surface area (Å²) >= 11 is 0. The van der Waals surface area contributed by atoms with Gasteiger partial charge in [0.15, 0.2) is 0 Å². The summed E-state index contributed by atoms with van der Waals surface area (Å²) in [5.41, 5.74) is 7.30. The van der Waals surface area contributed by atoms with E-state index >= 15 is 0 Å². The zero-order valence-electron chi connectivity index (χ0n) is 11.5. The molecule has 1 heterocycles. The summed E-state index contributed by atoms with van der Waals surface area (Å²) in [6, 6.07) is 9.90. The number of nitrogens with one attached hydrogen (secondary N) is 4. The van der Waals surface area contributed by atoms with Crippen molar-refractivity contribution in [3.63, 3.8) is 0 Å². The minimum absolute atomic E-state index is 0.0544. The number of hydrogen-bond acceptors (Lipinski definition) is 4. The van der Waals surface area contributed by atoms with Crippen molar-refractivity contribution in [3.8, 4) is 0 Å². The van der Waals surface area contributed by atoms with Crippen LogP contribution in [0, 0.1) is 0 Å². The zero-order valence-corrected chi connectivity index (χ0v) is 11.5. The molecule has 1 aliphatic heterocycles. The summed E-state index contributed by atoms with van der Waals surface area (Å²) in [6.45, 7) is 2.34. The van der Waals surface area contributed by atoms with E-state index in [0.29, 0.717) is 19.5 Å². The maximum absolute atomic E-state index is 11.9. The van der Waals surface area contributed by atoms with Crippen LogP contribution in [0.25, 0.3) is 0 Å². The topological polar surface area (TPSA) is 82.3 Å². The SMILES string of the molecule is CC(=O)NCCNC(=O)C1CC(c2ccccc2)NN1. The average Bonchev–Trinajstić information content (AvgIpc) is 2.94. The second kappa shape index (κ2) is 7.02. The number of rotatable bonds is 5. The first-order valence-corrected chi connectivity index (χ1v) is 6.75. The number of hydrazine groups is 1. The number of amides is 2. The van der Waals surface area contributed by atoms with Crippen LogP contribution in [0.1, 0.15) is 24.9 Å². The Labute approximate surface area is 118 Å². The van der Waals surface area contributed by atoms with E-state index in [1.165, 1.54) is 6.92 Å². The van der Waals surface area contributed by atoms with Gasteiger partial charge in [0, 0.05) is 26.1 Å². The van der Waals surface area contributed by atoms with Crippen molar-refractivity contribution in [2.75, 3.05) is 13.1 Å². The molecule has 1 aliphatic rings. The molecule has 0 bridgehead atoms. The van der Waals surface area contributed by atoms with Crippen LogP contribution in [-0.4, -0.2) is 30.9 Å². The Morgan fingerprint density at radius 2 is 1.85 bits per heavy atom. The molecule has 108 valence electrons. The minimum atomic E-state index is -0.252. The summed E-state index contributed by atoms with van der Waals surface area (Å²) in [5.74, 6) is -0.148. The van der Waals surface area contributed by atoms with Crippen molar-refractivity contribution in [1.29, 1.82) is 0 Å². The molecule has 0 aliphatic carbocycles. The Morgan fingerprint density at radius 3 is 2.55 bits per heavy atom. The predicted octanol–water partition coefficient (Wildman–Crippen LogP) is -0.153. The summed E-state index contributed by atoms with van der Waals surface area (Å²) in [6.07, 6.45) is 0.704. The van der Waals surface area contributed by atoms with Gasteiger partial charge in [0.2, 0.25) is 11.8 Å². The van der Waals surface area contributed by atoms with E-state index in [-0.39, 0.29) is 23.9 Å². The minimum Gasteiger partial charge on any atom is -0.355 e. The molecule has 1 aromatic rings. The van der Waals surface area contributed by atoms with Gasteiger partial charge >= 0.3 is 0 Å². The Morgan fingerprint density at radius 1 is 1.15 bits per heavy atom. The lowest BCUT2D eigenvalue weighted by Gasteiger charge is -2.10. The molecule has 20 heavy (non-hydrogen) atoms. The van der Waals surface area contributed by atoms with E-state index in [1.54, 1.807) is 0 Å². The normalized spacial score (nSPS) is 21.4. The molecule has 2 unspecified atom stereocenters. The molecule has 2 atom stereocenters. The molecule has 1 aromatic carbocycles. The van der Waals surface area contributed by atoms with E-state index in [1.807, 2.05) is 30.3 Å². The third-order valence-corrected chi connectivity index (χ3v) is 3.22. The highest BCUT2D eigenvalue weighted by Gasteiger charge is 2.29. The summed E-state index contributed by atoms with van der Waals surface area (Å²) in [7, 11) is 0. The fourth-order valence-corrected chi connectivity index (χ4v) is 2.18. The Hall–Kier alpha value is -1.92. The smallest absolute Gasteiger partial charge is 0.238 e. The second-order valence-electron chi connectivity index (χ2n) is 4.81. The van der Waals surface area contributed by atoms with E-state index in [2.05, 4.69) is 21.5 Å². The van der Waals surface area contributed by atoms with Crippen molar-refractivity contribution in [1.82, 2.24) is 21.5 Å². The number of carbonyl (C=O) groups excluding carboxylic acids is 2. The molecule has 2 amide bonds. The first-order chi connectivity index (χ1) is 9.66. The van der Waals surface area contributed by atoms with Crippen LogP contribution in [0.15, 0.2) is 30.3 Å². The van der Waals surface area contributed by atoms with Crippen molar-refractivity contribution in [2.45, 2.75) is 25.4 Å². The van der Waals surface area contributed by atoms with Gasteiger partial charge in [-0.3, -0.25) is 9.59 Å². The van der Waals surface area contributed by atoms with Crippen LogP contribution in [0.5, 0.6) is 0 Å². The van der Waals surface area contributed by atoms with E-state index < -0.39 is 0 Å². The van der Waals surface area contributed by atoms with E-state index in [9.17, 15) is 9.59 Å². The van der Waals surface area contributed by atoms with Gasteiger partial charge in [0.1, 0.15) is 6.04 Å². The van der Waals surface area contributed by atoms with Gasteiger partial charge in [-0.2, -0.15) is 0 Å². The fourth-order valence-electron chi connectivity index (χ4n) is 2.18. The maximum Gasteiger partial charge on any atom is 0.238 e. The maximum atomic E-state index is 11.9. The zero-order chi connectivity index (χ0) is 14.4. The van der Waals surface area contributed by atoms with Gasteiger partial charge < -0.3 is 10.6 Å². The highest BCUT2D eigenvalue weighted by Crippen LogP contribution is 2.21. The molecule has 2 rings (SSSR count). The molecule has 0 aromatic heterocycles. The molecule has 6 nitrogen and oxygen atoms in total. The first-order valence-electron chi connectivity index (χ1n) is 6.75. The molecule has 0 spiro atoms. The Balaban J connectivity index is 1.75. The molecule has 4 N–H and O–H groups in total. The number of benzene rings is 1. The average molecular weight is 276 g/mol. The van der Waals surface area contributed by atoms with Crippen molar-refractivity contribution in [3.05, 3.63) is 35.9 Å². The lowest BCUT2D eigenvalue weighted by molar-refractivity contribution is -0.123. The van der Waals surface area contributed by atoms with Crippen LogP contribution >= 0.6 is 0 Å². The lowest BCUT2D eigenvalue weighted by atomic mass is 10.0. The van der Waals surface area contributed by atoms with Gasteiger partial charge in [-0.15, -0.1) is 0 Å².